The predicted molar refractivity (Wildman–Crippen MR) is 69.6 cm³/mol. The van der Waals surface area contributed by atoms with Crippen molar-refractivity contribution in [1.29, 1.82) is 0 Å². The van der Waals surface area contributed by atoms with E-state index in [1.807, 2.05) is 30.3 Å². The molecular weight excluding hydrogens is 230 g/mol. The molecule has 18 heavy (non-hydrogen) atoms. The maximum Gasteiger partial charge on any atom is 0.237 e. The molecule has 0 aliphatic heterocycles. The van der Waals surface area contributed by atoms with Gasteiger partial charge in [0, 0.05) is 19.5 Å². The van der Waals surface area contributed by atoms with Gasteiger partial charge in [-0.05, 0) is 12.6 Å². The molecule has 0 saturated heterocycles. The SMILES string of the molecule is CNCCC(=O)N(CC(N)=O)Cc1ccccc1. The summed E-state index contributed by atoms with van der Waals surface area (Å²) in [6.45, 7) is 0.951. The van der Waals surface area contributed by atoms with Crippen LogP contribution in [0.3, 0.4) is 0 Å². The zero-order valence-corrected chi connectivity index (χ0v) is 10.6. The van der Waals surface area contributed by atoms with Gasteiger partial charge in [-0.15, -0.1) is 0 Å². The van der Waals surface area contributed by atoms with Crippen molar-refractivity contribution in [2.24, 2.45) is 5.73 Å². The molecule has 1 rings (SSSR count). The lowest BCUT2D eigenvalue weighted by atomic mass is 10.2. The van der Waals surface area contributed by atoms with Gasteiger partial charge in [-0.2, -0.15) is 0 Å². The van der Waals surface area contributed by atoms with Crippen LogP contribution in [-0.2, 0) is 16.1 Å². The standard InChI is InChI=1S/C13H19N3O2/c1-15-8-7-13(18)16(10-12(14)17)9-11-5-3-2-4-6-11/h2-6,15H,7-10H2,1H3,(H2,14,17). The van der Waals surface area contributed by atoms with Crippen molar-refractivity contribution in [3.8, 4) is 0 Å². The summed E-state index contributed by atoms with van der Waals surface area (Å²) in [6, 6.07) is 9.54. The summed E-state index contributed by atoms with van der Waals surface area (Å²) in [5.41, 5.74) is 6.15. The lowest BCUT2D eigenvalue weighted by molar-refractivity contribution is -0.135. The molecule has 0 aliphatic carbocycles. The van der Waals surface area contributed by atoms with Crippen LogP contribution >= 0.6 is 0 Å². The number of carbonyl (C=O) groups is 2. The lowest BCUT2D eigenvalue weighted by Crippen LogP contribution is -2.38. The van der Waals surface area contributed by atoms with Gasteiger partial charge in [0.15, 0.2) is 0 Å². The first kappa shape index (κ1) is 14.2. The summed E-state index contributed by atoms with van der Waals surface area (Å²) in [4.78, 5) is 24.4. The van der Waals surface area contributed by atoms with Crippen molar-refractivity contribution in [2.75, 3.05) is 20.1 Å². The molecule has 0 aliphatic rings. The number of nitrogens with one attached hydrogen (secondary N) is 1. The molecule has 0 bridgehead atoms. The molecule has 0 fully saturated rings. The van der Waals surface area contributed by atoms with Crippen LogP contribution in [0, 0.1) is 0 Å². The molecule has 2 amide bonds. The van der Waals surface area contributed by atoms with Crippen molar-refractivity contribution in [3.63, 3.8) is 0 Å². The Labute approximate surface area is 107 Å². The van der Waals surface area contributed by atoms with Crippen LogP contribution in [-0.4, -0.2) is 36.9 Å². The minimum Gasteiger partial charge on any atom is -0.368 e. The predicted octanol–water partition coefficient (Wildman–Crippen LogP) is 0.110. The molecule has 0 heterocycles. The van der Waals surface area contributed by atoms with Gasteiger partial charge in [0.05, 0.1) is 6.54 Å². The fourth-order valence-corrected chi connectivity index (χ4v) is 1.61. The quantitative estimate of drug-likeness (QED) is 0.720. The van der Waals surface area contributed by atoms with Gasteiger partial charge in [0.25, 0.3) is 0 Å². The summed E-state index contributed by atoms with van der Waals surface area (Å²) in [5.74, 6) is -0.573. The second kappa shape index (κ2) is 7.45. The van der Waals surface area contributed by atoms with Crippen molar-refractivity contribution >= 4 is 11.8 Å². The van der Waals surface area contributed by atoms with Gasteiger partial charge in [0.1, 0.15) is 0 Å². The van der Waals surface area contributed by atoms with E-state index in [4.69, 9.17) is 5.73 Å². The minimum atomic E-state index is -0.497. The maximum atomic E-state index is 11.9. The highest BCUT2D eigenvalue weighted by Gasteiger charge is 2.15. The van der Waals surface area contributed by atoms with Gasteiger partial charge in [-0.3, -0.25) is 9.59 Å². The number of carbonyl (C=O) groups excluding carboxylic acids is 2. The van der Waals surface area contributed by atoms with E-state index in [2.05, 4.69) is 5.32 Å². The van der Waals surface area contributed by atoms with E-state index < -0.39 is 5.91 Å². The van der Waals surface area contributed by atoms with E-state index in [1.54, 1.807) is 7.05 Å². The monoisotopic (exact) mass is 249 g/mol. The zero-order valence-electron chi connectivity index (χ0n) is 10.6. The first-order valence-corrected chi connectivity index (χ1v) is 5.88. The Bertz CT molecular complexity index is 392. The van der Waals surface area contributed by atoms with Crippen molar-refractivity contribution in [3.05, 3.63) is 35.9 Å². The number of nitrogens with zero attached hydrogens (tertiary/aromatic N) is 1. The molecular formula is C13H19N3O2. The fraction of sp³-hybridized carbons (Fsp3) is 0.385. The van der Waals surface area contributed by atoms with Gasteiger partial charge in [-0.1, -0.05) is 30.3 Å². The van der Waals surface area contributed by atoms with Gasteiger partial charge >= 0.3 is 0 Å². The summed E-state index contributed by atoms with van der Waals surface area (Å²) < 4.78 is 0. The van der Waals surface area contributed by atoms with Crippen LogP contribution < -0.4 is 11.1 Å². The fourth-order valence-electron chi connectivity index (χ4n) is 1.61. The minimum absolute atomic E-state index is 0.0442. The molecule has 0 atom stereocenters. The molecule has 1 aromatic rings. The number of rotatable bonds is 7. The van der Waals surface area contributed by atoms with E-state index in [0.29, 0.717) is 19.5 Å². The Balaban J connectivity index is 2.66. The second-order valence-corrected chi connectivity index (χ2v) is 4.06. The Hall–Kier alpha value is -1.88. The molecule has 5 nitrogen and oxygen atoms in total. The van der Waals surface area contributed by atoms with Gasteiger partial charge in [-0.25, -0.2) is 0 Å². The van der Waals surface area contributed by atoms with Crippen LogP contribution in [0.2, 0.25) is 0 Å². The highest BCUT2D eigenvalue weighted by Crippen LogP contribution is 2.05. The van der Waals surface area contributed by atoms with Crippen LogP contribution in [0.5, 0.6) is 0 Å². The largest absolute Gasteiger partial charge is 0.368 e. The molecule has 0 unspecified atom stereocenters. The number of hydrogen-bond acceptors (Lipinski definition) is 3. The Kier molecular flexibility index (Phi) is 5.87. The Morgan fingerprint density at radius 3 is 2.50 bits per heavy atom. The molecule has 5 heteroatoms. The highest BCUT2D eigenvalue weighted by molar-refractivity contribution is 5.83. The first-order chi connectivity index (χ1) is 8.63. The average Bonchev–Trinajstić information content (AvgIpc) is 2.36. The molecule has 0 saturated carbocycles. The van der Waals surface area contributed by atoms with E-state index in [9.17, 15) is 9.59 Å². The normalized spacial score (nSPS) is 10.1. The molecule has 98 valence electrons. The number of benzene rings is 1. The van der Waals surface area contributed by atoms with Crippen molar-refractivity contribution in [2.45, 2.75) is 13.0 Å². The molecule has 1 aromatic carbocycles. The zero-order chi connectivity index (χ0) is 13.4. The highest BCUT2D eigenvalue weighted by atomic mass is 16.2. The lowest BCUT2D eigenvalue weighted by Gasteiger charge is -2.21. The van der Waals surface area contributed by atoms with Crippen LogP contribution in [0.15, 0.2) is 30.3 Å². The summed E-state index contributed by atoms with van der Waals surface area (Å²) in [5, 5.41) is 2.91. The van der Waals surface area contributed by atoms with Crippen LogP contribution in [0.25, 0.3) is 0 Å². The number of hydrogen-bond donors (Lipinski definition) is 2. The summed E-state index contributed by atoms with van der Waals surface area (Å²) in [6.07, 6.45) is 0.358. The van der Waals surface area contributed by atoms with E-state index in [0.717, 1.165) is 5.56 Å². The molecule has 0 spiro atoms. The number of nitrogens with two attached hydrogens (primary N) is 1. The van der Waals surface area contributed by atoms with E-state index in [-0.39, 0.29) is 12.5 Å². The Morgan fingerprint density at radius 1 is 1.28 bits per heavy atom. The number of primary amides is 1. The molecule has 0 aromatic heterocycles. The average molecular weight is 249 g/mol. The van der Waals surface area contributed by atoms with Gasteiger partial charge < -0.3 is 16.0 Å². The van der Waals surface area contributed by atoms with Crippen LogP contribution in [0.1, 0.15) is 12.0 Å². The third kappa shape index (κ3) is 4.97. The Morgan fingerprint density at radius 2 is 1.94 bits per heavy atom. The van der Waals surface area contributed by atoms with Gasteiger partial charge in [0.2, 0.25) is 11.8 Å². The third-order valence-electron chi connectivity index (χ3n) is 2.50. The third-order valence-corrected chi connectivity index (χ3v) is 2.50. The maximum absolute atomic E-state index is 11.9. The molecule has 3 N–H and O–H groups in total. The molecule has 0 radical (unpaired) electrons. The van der Waals surface area contributed by atoms with E-state index in [1.165, 1.54) is 4.90 Å². The van der Waals surface area contributed by atoms with E-state index >= 15 is 0 Å². The van der Waals surface area contributed by atoms with Crippen molar-refractivity contribution in [1.82, 2.24) is 10.2 Å². The first-order valence-electron chi connectivity index (χ1n) is 5.88. The topological polar surface area (TPSA) is 75.4 Å². The summed E-state index contributed by atoms with van der Waals surface area (Å²) >= 11 is 0. The van der Waals surface area contributed by atoms with Crippen molar-refractivity contribution < 1.29 is 9.59 Å². The summed E-state index contributed by atoms with van der Waals surface area (Å²) in [7, 11) is 1.78. The number of amides is 2. The van der Waals surface area contributed by atoms with Crippen LogP contribution in [0.4, 0.5) is 0 Å². The second-order valence-electron chi connectivity index (χ2n) is 4.06. The smallest absolute Gasteiger partial charge is 0.237 e.